The van der Waals surface area contributed by atoms with Gasteiger partial charge in [-0.15, -0.1) is 16.4 Å². The van der Waals surface area contributed by atoms with Crippen LogP contribution in [0.2, 0.25) is 0 Å². The number of rotatable bonds is 2. The van der Waals surface area contributed by atoms with Crippen LogP contribution in [0.5, 0.6) is 0 Å². The fraction of sp³-hybridized carbons (Fsp3) is 0.0769. The van der Waals surface area contributed by atoms with Gasteiger partial charge in [0.2, 0.25) is 0 Å². The fourth-order valence-electron chi connectivity index (χ4n) is 1.87. The summed E-state index contributed by atoms with van der Waals surface area (Å²) in [6.45, 7) is 0. The van der Waals surface area contributed by atoms with E-state index >= 15 is 0 Å². The van der Waals surface area contributed by atoms with Gasteiger partial charge in [0.1, 0.15) is 5.82 Å². The number of hydrogen-bond acceptors (Lipinski definition) is 4. The van der Waals surface area contributed by atoms with Gasteiger partial charge < -0.3 is 5.73 Å². The van der Waals surface area contributed by atoms with Gasteiger partial charge in [0, 0.05) is 18.3 Å². The highest BCUT2D eigenvalue weighted by atomic mass is 32.1. The molecule has 4 nitrogen and oxygen atoms in total. The van der Waals surface area contributed by atoms with Crippen molar-refractivity contribution in [2.24, 2.45) is 7.05 Å². The third-order valence-corrected chi connectivity index (χ3v) is 3.62. The molecule has 0 aliphatic heterocycles. The second-order valence-electron chi connectivity index (χ2n) is 4.09. The van der Waals surface area contributed by atoms with Crippen LogP contribution in [0.1, 0.15) is 0 Å². The summed E-state index contributed by atoms with van der Waals surface area (Å²) in [6, 6.07) is 8.17. The summed E-state index contributed by atoms with van der Waals surface area (Å²) in [5.74, 6) is 0.916. The molecule has 1 aromatic carbocycles. The Kier molecular flexibility index (Phi) is 2.79. The number of hydrogen-bond donors (Lipinski definition) is 1. The standard InChI is InChI=1S/C13H11FN4S/c1-18-13(9-5-4-8(14)7-10(9)15)16-12(17-18)11-3-2-6-19-11/h2-7H,15H2,1H3. The minimum absolute atomic E-state index is 0.355. The number of anilines is 1. The van der Waals surface area contributed by atoms with E-state index in [4.69, 9.17) is 5.73 Å². The first-order chi connectivity index (χ1) is 9.15. The zero-order valence-electron chi connectivity index (χ0n) is 10.2. The third-order valence-electron chi connectivity index (χ3n) is 2.76. The average molecular weight is 274 g/mol. The highest BCUT2D eigenvalue weighted by Gasteiger charge is 2.14. The molecule has 0 spiro atoms. The van der Waals surface area contributed by atoms with Gasteiger partial charge in [0.15, 0.2) is 11.6 Å². The van der Waals surface area contributed by atoms with Gasteiger partial charge in [-0.05, 0) is 29.6 Å². The molecule has 0 aliphatic carbocycles. The van der Waals surface area contributed by atoms with Crippen LogP contribution < -0.4 is 5.73 Å². The highest BCUT2D eigenvalue weighted by Crippen LogP contribution is 2.28. The maximum atomic E-state index is 13.1. The number of halogens is 1. The average Bonchev–Trinajstić information content (AvgIpc) is 2.98. The van der Waals surface area contributed by atoms with Gasteiger partial charge in [0.05, 0.1) is 4.88 Å². The molecule has 0 unspecified atom stereocenters. The third kappa shape index (κ3) is 2.10. The Bertz CT molecular complexity index is 718. The quantitative estimate of drug-likeness (QED) is 0.731. The Balaban J connectivity index is 2.11. The Morgan fingerprint density at radius 3 is 2.84 bits per heavy atom. The van der Waals surface area contributed by atoms with Gasteiger partial charge in [-0.3, -0.25) is 0 Å². The molecule has 0 aliphatic rings. The molecule has 0 bridgehead atoms. The van der Waals surface area contributed by atoms with E-state index < -0.39 is 0 Å². The number of aromatic nitrogens is 3. The molecule has 2 heterocycles. The van der Waals surface area contributed by atoms with Crippen LogP contribution >= 0.6 is 11.3 Å². The molecular formula is C13H11FN4S. The maximum absolute atomic E-state index is 13.1. The molecule has 0 radical (unpaired) electrons. The number of thiophene rings is 1. The van der Waals surface area contributed by atoms with Crippen molar-refractivity contribution in [2.45, 2.75) is 0 Å². The molecule has 2 N–H and O–H groups in total. The Hall–Kier alpha value is -2.21. The summed E-state index contributed by atoms with van der Waals surface area (Å²) in [5.41, 5.74) is 6.87. The summed E-state index contributed by atoms with van der Waals surface area (Å²) in [5, 5.41) is 6.33. The monoisotopic (exact) mass is 274 g/mol. The van der Waals surface area contributed by atoms with Crippen molar-refractivity contribution in [1.82, 2.24) is 14.8 Å². The van der Waals surface area contributed by atoms with E-state index in [-0.39, 0.29) is 5.82 Å². The van der Waals surface area contributed by atoms with E-state index in [1.54, 1.807) is 29.1 Å². The van der Waals surface area contributed by atoms with Crippen LogP contribution in [0.4, 0.5) is 10.1 Å². The second kappa shape index (κ2) is 4.47. The molecule has 0 atom stereocenters. The van der Waals surface area contributed by atoms with Crippen molar-refractivity contribution in [2.75, 3.05) is 5.73 Å². The largest absolute Gasteiger partial charge is 0.398 e. The van der Waals surface area contributed by atoms with E-state index in [0.29, 0.717) is 22.9 Å². The second-order valence-corrected chi connectivity index (χ2v) is 5.04. The van der Waals surface area contributed by atoms with Crippen molar-refractivity contribution < 1.29 is 4.39 Å². The first-order valence-corrected chi connectivity index (χ1v) is 6.53. The van der Waals surface area contributed by atoms with Crippen molar-refractivity contribution in [3.05, 3.63) is 41.5 Å². The van der Waals surface area contributed by atoms with Gasteiger partial charge in [0.25, 0.3) is 0 Å². The van der Waals surface area contributed by atoms with Crippen LogP contribution in [0.25, 0.3) is 22.1 Å². The molecule has 96 valence electrons. The van der Waals surface area contributed by atoms with Gasteiger partial charge in [-0.2, -0.15) is 0 Å². The first kappa shape index (κ1) is 11.9. The van der Waals surface area contributed by atoms with Crippen molar-refractivity contribution >= 4 is 17.0 Å². The van der Waals surface area contributed by atoms with Crippen molar-refractivity contribution in [3.8, 4) is 22.1 Å². The van der Waals surface area contributed by atoms with Crippen molar-refractivity contribution in [3.63, 3.8) is 0 Å². The molecule has 0 fully saturated rings. The fourth-order valence-corrected chi connectivity index (χ4v) is 2.52. The van der Waals surface area contributed by atoms with E-state index in [1.165, 1.54) is 12.1 Å². The first-order valence-electron chi connectivity index (χ1n) is 5.65. The molecule has 19 heavy (non-hydrogen) atoms. The maximum Gasteiger partial charge on any atom is 0.191 e. The summed E-state index contributed by atoms with van der Waals surface area (Å²) in [4.78, 5) is 5.46. The number of nitrogen functional groups attached to an aromatic ring is 1. The number of nitrogens with zero attached hydrogens (tertiary/aromatic N) is 3. The van der Waals surface area contributed by atoms with Crippen LogP contribution in [-0.2, 0) is 7.05 Å². The number of nitrogens with two attached hydrogens (primary N) is 1. The summed E-state index contributed by atoms with van der Waals surface area (Å²) < 4.78 is 14.7. The molecule has 0 amide bonds. The molecule has 3 aromatic rings. The lowest BCUT2D eigenvalue weighted by atomic mass is 10.1. The minimum Gasteiger partial charge on any atom is -0.398 e. The minimum atomic E-state index is -0.359. The Labute approximate surface area is 113 Å². The highest BCUT2D eigenvalue weighted by molar-refractivity contribution is 7.13. The smallest absolute Gasteiger partial charge is 0.191 e. The van der Waals surface area contributed by atoms with E-state index in [2.05, 4.69) is 10.1 Å². The number of aryl methyl sites for hydroxylation is 1. The lowest BCUT2D eigenvalue weighted by Crippen LogP contribution is -1.98. The lowest BCUT2D eigenvalue weighted by molar-refractivity contribution is 0.628. The van der Waals surface area contributed by atoms with E-state index in [9.17, 15) is 4.39 Å². The van der Waals surface area contributed by atoms with Gasteiger partial charge in [-0.1, -0.05) is 6.07 Å². The lowest BCUT2D eigenvalue weighted by Gasteiger charge is -2.03. The Morgan fingerprint density at radius 2 is 2.16 bits per heavy atom. The zero-order chi connectivity index (χ0) is 13.4. The van der Waals surface area contributed by atoms with Gasteiger partial charge in [-0.25, -0.2) is 14.1 Å². The summed E-state index contributed by atoms with van der Waals surface area (Å²) in [6.07, 6.45) is 0. The predicted octanol–water partition coefficient (Wildman–Crippen LogP) is 2.93. The molecule has 2 aromatic heterocycles. The van der Waals surface area contributed by atoms with Crippen LogP contribution in [-0.4, -0.2) is 14.8 Å². The number of benzene rings is 1. The zero-order valence-corrected chi connectivity index (χ0v) is 11.0. The van der Waals surface area contributed by atoms with Crippen LogP contribution in [0.15, 0.2) is 35.7 Å². The molecule has 6 heteroatoms. The normalized spacial score (nSPS) is 10.8. The van der Waals surface area contributed by atoms with Crippen LogP contribution in [0.3, 0.4) is 0 Å². The molecule has 0 saturated heterocycles. The Morgan fingerprint density at radius 1 is 1.32 bits per heavy atom. The SMILES string of the molecule is Cn1nc(-c2cccs2)nc1-c1ccc(F)cc1N. The van der Waals surface area contributed by atoms with Gasteiger partial charge >= 0.3 is 0 Å². The molecular weight excluding hydrogens is 263 g/mol. The molecule has 0 saturated carbocycles. The summed E-state index contributed by atoms with van der Waals surface area (Å²) >= 11 is 1.57. The summed E-state index contributed by atoms with van der Waals surface area (Å²) in [7, 11) is 1.79. The van der Waals surface area contributed by atoms with E-state index in [0.717, 1.165) is 4.88 Å². The van der Waals surface area contributed by atoms with Crippen molar-refractivity contribution in [1.29, 1.82) is 0 Å². The molecule has 3 rings (SSSR count). The topological polar surface area (TPSA) is 56.7 Å². The van der Waals surface area contributed by atoms with Crippen LogP contribution in [0, 0.1) is 5.82 Å². The predicted molar refractivity (Wildman–Crippen MR) is 74.1 cm³/mol. The van der Waals surface area contributed by atoms with E-state index in [1.807, 2.05) is 17.5 Å².